The van der Waals surface area contributed by atoms with E-state index in [4.69, 9.17) is 0 Å². The highest BCUT2D eigenvalue weighted by molar-refractivity contribution is 5.20. The minimum atomic E-state index is 0.248. The fraction of sp³-hybridized carbons (Fsp3) is 0.714. The van der Waals surface area contributed by atoms with Crippen LogP contribution in [0.2, 0.25) is 0 Å². The van der Waals surface area contributed by atoms with Crippen LogP contribution in [-0.4, -0.2) is 12.1 Å². The van der Waals surface area contributed by atoms with Crippen LogP contribution < -0.4 is 5.32 Å². The molecule has 86 valence electrons. The summed E-state index contributed by atoms with van der Waals surface area (Å²) in [6.45, 7) is 11.4. The molecule has 1 aliphatic carbocycles. The Hall–Kier alpha value is -0.560. The molecule has 1 aliphatic rings. The minimum Gasteiger partial charge on any atom is -0.311 e. The first kappa shape index (κ1) is 12.5. The molecular formula is C14H25N. The molecule has 0 heterocycles. The van der Waals surface area contributed by atoms with Gasteiger partial charge in [-0.25, -0.2) is 0 Å². The van der Waals surface area contributed by atoms with E-state index in [1.807, 2.05) is 0 Å². The zero-order chi connectivity index (χ0) is 11.5. The van der Waals surface area contributed by atoms with E-state index in [1.165, 1.54) is 6.42 Å². The smallest absolute Gasteiger partial charge is 0.0135 e. The fourth-order valence-corrected chi connectivity index (χ4v) is 2.12. The number of hydrogen-bond acceptors (Lipinski definition) is 1. The summed E-state index contributed by atoms with van der Waals surface area (Å²) in [5, 5.41) is 3.68. The monoisotopic (exact) mass is 207 g/mol. The minimum absolute atomic E-state index is 0.248. The van der Waals surface area contributed by atoms with E-state index < -0.39 is 0 Å². The van der Waals surface area contributed by atoms with Crippen LogP contribution in [0.3, 0.4) is 0 Å². The normalized spacial score (nSPS) is 34.1. The lowest BCUT2D eigenvalue weighted by molar-refractivity contribution is 0.219. The molecule has 15 heavy (non-hydrogen) atoms. The van der Waals surface area contributed by atoms with Crippen molar-refractivity contribution < 1.29 is 0 Å². The Balaban J connectivity index is 2.68. The molecule has 0 fully saturated rings. The van der Waals surface area contributed by atoms with Crippen molar-refractivity contribution in [1.29, 1.82) is 0 Å². The summed E-state index contributed by atoms with van der Waals surface area (Å²) < 4.78 is 0. The molecule has 0 aromatic heterocycles. The van der Waals surface area contributed by atoms with Gasteiger partial charge in [-0.2, -0.15) is 0 Å². The predicted octanol–water partition coefficient (Wildman–Crippen LogP) is 3.53. The van der Waals surface area contributed by atoms with Crippen molar-refractivity contribution in [3.05, 3.63) is 24.3 Å². The molecule has 4 unspecified atom stereocenters. The molecule has 1 N–H and O–H groups in total. The lowest BCUT2D eigenvalue weighted by Gasteiger charge is -2.40. The molecule has 1 heteroatoms. The molecule has 0 bridgehead atoms. The first-order chi connectivity index (χ1) is 7.00. The van der Waals surface area contributed by atoms with Gasteiger partial charge < -0.3 is 5.32 Å². The third kappa shape index (κ3) is 2.72. The van der Waals surface area contributed by atoms with Gasteiger partial charge in [0.1, 0.15) is 0 Å². The molecule has 0 saturated heterocycles. The van der Waals surface area contributed by atoms with Gasteiger partial charge in [0.05, 0.1) is 0 Å². The van der Waals surface area contributed by atoms with Crippen LogP contribution in [0.1, 0.15) is 41.0 Å². The Morgan fingerprint density at radius 2 is 2.00 bits per heavy atom. The molecule has 0 spiro atoms. The maximum Gasteiger partial charge on any atom is 0.0135 e. The summed E-state index contributed by atoms with van der Waals surface area (Å²) in [6.07, 6.45) is 10.2. The highest BCUT2D eigenvalue weighted by atomic mass is 15.0. The summed E-state index contributed by atoms with van der Waals surface area (Å²) in [5.74, 6) is 0.606. The highest BCUT2D eigenvalue weighted by Gasteiger charge is 2.34. The van der Waals surface area contributed by atoms with Gasteiger partial charge >= 0.3 is 0 Å². The zero-order valence-corrected chi connectivity index (χ0v) is 10.7. The Bertz CT molecular complexity index is 254. The molecule has 4 atom stereocenters. The van der Waals surface area contributed by atoms with Crippen LogP contribution in [0, 0.1) is 11.3 Å². The summed E-state index contributed by atoms with van der Waals surface area (Å²) in [5.41, 5.74) is 0.248. The van der Waals surface area contributed by atoms with E-state index in [9.17, 15) is 0 Å². The Morgan fingerprint density at radius 1 is 1.33 bits per heavy atom. The average molecular weight is 207 g/mol. The van der Waals surface area contributed by atoms with Crippen molar-refractivity contribution in [2.24, 2.45) is 11.3 Å². The largest absolute Gasteiger partial charge is 0.311 e. The Labute approximate surface area is 94.6 Å². The van der Waals surface area contributed by atoms with Gasteiger partial charge in [0.15, 0.2) is 0 Å². The first-order valence-electron chi connectivity index (χ1n) is 6.12. The number of rotatable bonds is 4. The second kappa shape index (κ2) is 4.98. The van der Waals surface area contributed by atoms with E-state index in [0.29, 0.717) is 18.0 Å². The Kier molecular flexibility index (Phi) is 4.15. The molecule has 0 aliphatic heterocycles. The molecule has 0 amide bonds. The molecule has 1 nitrogen and oxygen atoms in total. The van der Waals surface area contributed by atoms with Crippen LogP contribution in [0.15, 0.2) is 24.3 Å². The second-order valence-corrected chi connectivity index (χ2v) is 5.10. The molecule has 0 aromatic carbocycles. The van der Waals surface area contributed by atoms with Gasteiger partial charge in [-0.05, 0) is 26.2 Å². The van der Waals surface area contributed by atoms with Crippen molar-refractivity contribution in [2.45, 2.75) is 53.1 Å². The van der Waals surface area contributed by atoms with E-state index in [2.05, 4.69) is 64.2 Å². The van der Waals surface area contributed by atoms with Gasteiger partial charge in [0.25, 0.3) is 0 Å². The van der Waals surface area contributed by atoms with Gasteiger partial charge in [0, 0.05) is 17.5 Å². The molecule has 1 rings (SSSR count). The second-order valence-electron chi connectivity index (χ2n) is 5.10. The topological polar surface area (TPSA) is 12.0 Å². The van der Waals surface area contributed by atoms with E-state index in [-0.39, 0.29) is 5.41 Å². The third-order valence-electron chi connectivity index (χ3n) is 4.03. The van der Waals surface area contributed by atoms with Crippen LogP contribution in [0.5, 0.6) is 0 Å². The van der Waals surface area contributed by atoms with Crippen LogP contribution in [0.25, 0.3) is 0 Å². The van der Waals surface area contributed by atoms with Gasteiger partial charge in [-0.3, -0.25) is 0 Å². The van der Waals surface area contributed by atoms with E-state index in [1.54, 1.807) is 0 Å². The van der Waals surface area contributed by atoms with Crippen molar-refractivity contribution in [1.82, 2.24) is 5.32 Å². The van der Waals surface area contributed by atoms with Crippen molar-refractivity contribution in [3.63, 3.8) is 0 Å². The summed E-state index contributed by atoms with van der Waals surface area (Å²) in [7, 11) is 0. The standard InChI is InChI=1S/C14H25N/c1-6-12(3)15-13(4)14(5)10-8-7-9-11(14)2/h7-13,15H,6H2,1-5H3. The third-order valence-corrected chi connectivity index (χ3v) is 4.03. The van der Waals surface area contributed by atoms with Crippen LogP contribution >= 0.6 is 0 Å². The molecule has 0 aromatic rings. The summed E-state index contributed by atoms with van der Waals surface area (Å²) >= 11 is 0. The van der Waals surface area contributed by atoms with E-state index >= 15 is 0 Å². The quantitative estimate of drug-likeness (QED) is 0.743. The lowest BCUT2D eigenvalue weighted by Crippen LogP contribution is -2.47. The first-order valence-corrected chi connectivity index (χ1v) is 6.12. The average Bonchev–Trinajstić information content (AvgIpc) is 2.22. The van der Waals surface area contributed by atoms with Crippen molar-refractivity contribution in [2.75, 3.05) is 0 Å². The fourth-order valence-electron chi connectivity index (χ4n) is 2.12. The maximum absolute atomic E-state index is 3.68. The maximum atomic E-state index is 3.68. The Morgan fingerprint density at radius 3 is 2.53 bits per heavy atom. The summed E-state index contributed by atoms with van der Waals surface area (Å²) in [4.78, 5) is 0. The zero-order valence-electron chi connectivity index (χ0n) is 10.7. The molecule has 0 saturated carbocycles. The van der Waals surface area contributed by atoms with E-state index in [0.717, 1.165) is 0 Å². The van der Waals surface area contributed by atoms with Gasteiger partial charge in [-0.1, -0.05) is 45.1 Å². The SMILES string of the molecule is CCC(C)NC(C)C1(C)C=CC=CC1C. The number of nitrogens with one attached hydrogen (secondary N) is 1. The van der Waals surface area contributed by atoms with Crippen molar-refractivity contribution >= 4 is 0 Å². The summed E-state index contributed by atoms with van der Waals surface area (Å²) in [6, 6.07) is 1.12. The molecular weight excluding hydrogens is 182 g/mol. The van der Waals surface area contributed by atoms with Crippen LogP contribution in [-0.2, 0) is 0 Å². The van der Waals surface area contributed by atoms with Gasteiger partial charge in [0.2, 0.25) is 0 Å². The number of allylic oxidation sites excluding steroid dienone is 3. The van der Waals surface area contributed by atoms with Gasteiger partial charge in [-0.15, -0.1) is 0 Å². The molecule has 0 radical (unpaired) electrons. The predicted molar refractivity (Wildman–Crippen MR) is 67.9 cm³/mol. The number of hydrogen-bond donors (Lipinski definition) is 1. The lowest BCUT2D eigenvalue weighted by atomic mass is 9.70. The van der Waals surface area contributed by atoms with Crippen LogP contribution in [0.4, 0.5) is 0 Å². The highest BCUT2D eigenvalue weighted by Crippen LogP contribution is 2.36. The van der Waals surface area contributed by atoms with Crippen molar-refractivity contribution in [3.8, 4) is 0 Å².